The van der Waals surface area contributed by atoms with Gasteiger partial charge in [0.1, 0.15) is 6.04 Å². The Balaban J connectivity index is 1.24. The Morgan fingerprint density at radius 2 is 1.94 bits per heavy atom. The summed E-state index contributed by atoms with van der Waals surface area (Å²) in [6, 6.07) is 6.29. The Morgan fingerprint density at radius 1 is 1.03 bits per heavy atom. The average Bonchev–Trinajstić information content (AvgIpc) is 3.10. The number of carbonyl (C=O) groups excluding carboxylic acids is 3. The lowest BCUT2D eigenvalue weighted by molar-refractivity contribution is -0.136. The molecule has 4 aliphatic rings. The first-order valence-corrected chi connectivity index (χ1v) is 11.8. The molecule has 0 saturated carbocycles. The Labute approximate surface area is 183 Å². The average molecular weight is 425 g/mol. The van der Waals surface area contributed by atoms with Gasteiger partial charge in [-0.05, 0) is 68.3 Å². The fourth-order valence-corrected chi connectivity index (χ4v) is 5.80. The molecule has 4 heterocycles. The topological polar surface area (TPSA) is 81.8 Å². The van der Waals surface area contributed by atoms with Crippen molar-refractivity contribution in [1.29, 1.82) is 0 Å². The summed E-state index contributed by atoms with van der Waals surface area (Å²) in [5.74, 6) is 0.0201. The third-order valence-corrected chi connectivity index (χ3v) is 7.46. The summed E-state index contributed by atoms with van der Waals surface area (Å²) >= 11 is 0. The predicted octanol–water partition coefficient (Wildman–Crippen LogP) is 1.80. The highest BCUT2D eigenvalue weighted by atomic mass is 16.2. The largest absolute Gasteiger partial charge is 0.322 e. The van der Waals surface area contributed by atoms with E-state index in [9.17, 15) is 14.4 Å². The number of benzene rings is 1. The van der Waals surface area contributed by atoms with E-state index in [-0.39, 0.29) is 24.1 Å². The zero-order valence-electron chi connectivity index (χ0n) is 18.1. The predicted molar refractivity (Wildman–Crippen MR) is 116 cm³/mol. The molecule has 31 heavy (non-hydrogen) atoms. The molecule has 1 aromatic rings. The van der Waals surface area contributed by atoms with E-state index in [1.807, 2.05) is 12.1 Å². The molecule has 7 heteroatoms. The molecule has 3 unspecified atom stereocenters. The molecule has 5 rings (SSSR count). The van der Waals surface area contributed by atoms with Crippen molar-refractivity contribution in [2.24, 2.45) is 5.92 Å². The standard InChI is InChI=1S/C24H32N4O3/c29-22-9-8-21(23(30)26-22)28-15-17-7-6-16(12-19(17)24(28)31)13-27-11-3-4-18(14-27)20-5-1-2-10-25-20/h6-7,12,18,20-21,25H,1-5,8-11,13-15H2,(H,26,29,30). The molecule has 3 saturated heterocycles. The minimum absolute atomic E-state index is 0.0886. The summed E-state index contributed by atoms with van der Waals surface area (Å²) in [5.41, 5.74) is 2.85. The van der Waals surface area contributed by atoms with Gasteiger partial charge in [-0.15, -0.1) is 0 Å². The Bertz CT molecular complexity index is 880. The zero-order valence-corrected chi connectivity index (χ0v) is 18.1. The van der Waals surface area contributed by atoms with E-state index in [0.29, 0.717) is 30.5 Å². The van der Waals surface area contributed by atoms with Crippen LogP contribution < -0.4 is 10.6 Å². The monoisotopic (exact) mass is 424 g/mol. The summed E-state index contributed by atoms with van der Waals surface area (Å²) < 4.78 is 0. The number of fused-ring (bicyclic) bond motifs is 1. The van der Waals surface area contributed by atoms with Gasteiger partial charge in [-0.2, -0.15) is 0 Å². The van der Waals surface area contributed by atoms with Gasteiger partial charge in [0.2, 0.25) is 11.8 Å². The summed E-state index contributed by atoms with van der Waals surface area (Å²) in [5, 5.41) is 6.09. The number of rotatable bonds is 4. The minimum atomic E-state index is -0.549. The molecule has 0 aliphatic carbocycles. The molecule has 3 amide bonds. The van der Waals surface area contributed by atoms with Gasteiger partial charge in [0.05, 0.1) is 0 Å². The molecule has 2 N–H and O–H groups in total. The van der Waals surface area contributed by atoms with E-state index in [1.54, 1.807) is 4.90 Å². The third-order valence-electron chi connectivity index (χ3n) is 7.46. The molecule has 0 aromatic heterocycles. The van der Waals surface area contributed by atoms with Crippen LogP contribution in [0, 0.1) is 5.92 Å². The number of imide groups is 1. The molecular formula is C24H32N4O3. The smallest absolute Gasteiger partial charge is 0.255 e. The van der Waals surface area contributed by atoms with Crippen molar-refractivity contribution in [2.45, 2.75) is 70.1 Å². The molecule has 0 spiro atoms. The lowest BCUT2D eigenvalue weighted by atomic mass is 9.86. The Kier molecular flexibility index (Phi) is 5.80. The van der Waals surface area contributed by atoms with Gasteiger partial charge in [0.25, 0.3) is 5.91 Å². The maximum atomic E-state index is 13.1. The summed E-state index contributed by atoms with van der Waals surface area (Å²) in [6.45, 7) is 4.68. The van der Waals surface area contributed by atoms with E-state index in [4.69, 9.17) is 0 Å². The highest BCUT2D eigenvalue weighted by Gasteiger charge is 2.39. The molecule has 7 nitrogen and oxygen atoms in total. The minimum Gasteiger partial charge on any atom is -0.322 e. The zero-order chi connectivity index (χ0) is 21.4. The Morgan fingerprint density at radius 3 is 2.74 bits per heavy atom. The molecule has 3 atom stereocenters. The van der Waals surface area contributed by atoms with Gasteiger partial charge in [0.15, 0.2) is 0 Å². The maximum Gasteiger partial charge on any atom is 0.255 e. The van der Waals surface area contributed by atoms with Crippen LogP contribution in [0.15, 0.2) is 18.2 Å². The van der Waals surface area contributed by atoms with Crippen molar-refractivity contribution in [3.05, 3.63) is 34.9 Å². The van der Waals surface area contributed by atoms with Crippen LogP contribution in [-0.4, -0.2) is 59.2 Å². The van der Waals surface area contributed by atoms with Gasteiger partial charge in [-0.1, -0.05) is 18.6 Å². The van der Waals surface area contributed by atoms with Crippen molar-refractivity contribution in [2.75, 3.05) is 19.6 Å². The second-order valence-electron chi connectivity index (χ2n) is 9.59. The highest BCUT2D eigenvalue weighted by molar-refractivity contribution is 6.05. The highest BCUT2D eigenvalue weighted by Crippen LogP contribution is 2.30. The van der Waals surface area contributed by atoms with Crippen LogP contribution in [0.1, 0.15) is 66.4 Å². The van der Waals surface area contributed by atoms with Crippen LogP contribution in [0.2, 0.25) is 0 Å². The first-order valence-electron chi connectivity index (χ1n) is 11.8. The van der Waals surface area contributed by atoms with Crippen LogP contribution in [0.25, 0.3) is 0 Å². The van der Waals surface area contributed by atoms with Crippen LogP contribution in [0.3, 0.4) is 0 Å². The quantitative estimate of drug-likeness (QED) is 0.721. The second kappa shape index (κ2) is 8.71. The lowest BCUT2D eigenvalue weighted by Gasteiger charge is -2.39. The SMILES string of the molecule is O=C1CCC(N2Cc3ccc(CN4CCCC(C5CCCCN5)C4)cc3C2=O)C(=O)N1. The fourth-order valence-electron chi connectivity index (χ4n) is 5.80. The van der Waals surface area contributed by atoms with Crippen LogP contribution in [0.4, 0.5) is 0 Å². The molecular weight excluding hydrogens is 392 g/mol. The fraction of sp³-hybridized carbons (Fsp3) is 0.625. The first kappa shape index (κ1) is 20.6. The summed E-state index contributed by atoms with van der Waals surface area (Å²) in [7, 11) is 0. The van der Waals surface area contributed by atoms with Gasteiger partial charge >= 0.3 is 0 Å². The summed E-state index contributed by atoms with van der Waals surface area (Å²) in [6.07, 6.45) is 7.15. The van der Waals surface area contributed by atoms with Crippen LogP contribution in [-0.2, 0) is 22.7 Å². The summed E-state index contributed by atoms with van der Waals surface area (Å²) in [4.78, 5) is 40.9. The number of nitrogens with one attached hydrogen (secondary N) is 2. The van der Waals surface area contributed by atoms with Crippen molar-refractivity contribution in [1.82, 2.24) is 20.4 Å². The van der Waals surface area contributed by atoms with Crippen molar-refractivity contribution in [3.63, 3.8) is 0 Å². The molecule has 4 aliphatic heterocycles. The third kappa shape index (κ3) is 4.26. The number of likely N-dealkylation sites (tertiary alicyclic amines) is 1. The van der Waals surface area contributed by atoms with Gasteiger partial charge in [0, 0.05) is 37.7 Å². The molecule has 1 aromatic carbocycles. The van der Waals surface area contributed by atoms with Gasteiger partial charge in [-0.3, -0.25) is 24.6 Å². The maximum absolute atomic E-state index is 13.1. The van der Waals surface area contributed by atoms with Crippen LogP contribution in [0.5, 0.6) is 0 Å². The van der Waals surface area contributed by atoms with E-state index < -0.39 is 6.04 Å². The number of nitrogens with zero attached hydrogens (tertiary/aromatic N) is 2. The number of hydrogen-bond acceptors (Lipinski definition) is 5. The molecule has 0 radical (unpaired) electrons. The van der Waals surface area contributed by atoms with Crippen molar-refractivity contribution >= 4 is 17.7 Å². The van der Waals surface area contributed by atoms with Gasteiger partial charge < -0.3 is 10.2 Å². The second-order valence-corrected chi connectivity index (χ2v) is 9.59. The number of piperidine rings is 3. The van der Waals surface area contributed by atoms with Crippen molar-refractivity contribution < 1.29 is 14.4 Å². The number of amides is 3. The van der Waals surface area contributed by atoms with E-state index in [2.05, 4.69) is 21.6 Å². The van der Waals surface area contributed by atoms with Crippen molar-refractivity contribution in [3.8, 4) is 0 Å². The van der Waals surface area contributed by atoms with E-state index in [1.165, 1.54) is 32.1 Å². The van der Waals surface area contributed by atoms with E-state index in [0.717, 1.165) is 37.3 Å². The normalized spacial score (nSPS) is 29.7. The van der Waals surface area contributed by atoms with Gasteiger partial charge in [-0.25, -0.2) is 0 Å². The molecule has 0 bridgehead atoms. The molecule has 3 fully saturated rings. The first-order chi connectivity index (χ1) is 15.1. The number of hydrogen-bond donors (Lipinski definition) is 2. The number of carbonyl (C=O) groups is 3. The lowest BCUT2D eigenvalue weighted by Crippen LogP contribution is -2.52. The molecule has 166 valence electrons. The van der Waals surface area contributed by atoms with Crippen LogP contribution >= 0.6 is 0 Å². The van der Waals surface area contributed by atoms with E-state index >= 15 is 0 Å². The Hall–Kier alpha value is -2.25.